The third-order valence-electron chi connectivity index (χ3n) is 2.85. The lowest BCUT2D eigenvalue weighted by molar-refractivity contribution is -0.531. The zero-order valence-electron chi connectivity index (χ0n) is 11.4. The Morgan fingerprint density at radius 1 is 0.938 bits per heavy atom. The van der Waals surface area contributed by atoms with E-state index in [0.717, 1.165) is 31.5 Å². The topological polar surface area (TPSA) is 6.25 Å². The molecule has 0 atom stereocenters. The van der Waals surface area contributed by atoms with Crippen molar-refractivity contribution in [3.8, 4) is 0 Å². The number of hydrogen-bond donors (Lipinski definition) is 0. The molecule has 0 aliphatic carbocycles. The van der Waals surface area contributed by atoms with E-state index in [0.29, 0.717) is 0 Å². The third kappa shape index (κ3) is 5.74. The smallest absolute Gasteiger partial charge is 0.252 e. The van der Waals surface area contributed by atoms with E-state index < -0.39 is 0 Å². The number of rotatable bonds is 8. The van der Waals surface area contributed by atoms with Crippen LogP contribution in [0.2, 0.25) is 0 Å². The van der Waals surface area contributed by atoms with E-state index in [1.807, 2.05) is 0 Å². The molecule has 0 rings (SSSR count). The first-order valence-electron chi connectivity index (χ1n) is 6.73. The van der Waals surface area contributed by atoms with Crippen LogP contribution in [0.25, 0.3) is 0 Å². The van der Waals surface area contributed by atoms with Crippen LogP contribution in [0.4, 0.5) is 0 Å². The van der Waals surface area contributed by atoms with Crippen LogP contribution in [0.1, 0.15) is 53.4 Å². The number of nitrogens with zero attached hydrogens (tertiary/aromatic N) is 2. The monoisotopic (exact) mass is 247 g/mol. The fraction of sp³-hybridized carbons (Fsp3) is 0.923. The fourth-order valence-corrected chi connectivity index (χ4v) is 2.09. The van der Waals surface area contributed by atoms with Gasteiger partial charge < -0.3 is 0 Å². The lowest BCUT2D eigenvalue weighted by Gasteiger charge is -2.16. The van der Waals surface area contributed by atoms with Gasteiger partial charge in [0.05, 0.1) is 26.2 Å². The summed E-state index contributed by atoms with van der Waals surface area (Å²) in [5.74, 6) is 0. The summed E-state index contributed by atoms with van der Waals surface area (Å²) in [7, 11) is 0. The molecule has 0 saturated carbocycles. The van der Waals surface area contributed by atoms with E-state index in [1.54, 1.807) is 0 Å². The van der Waals surface area contributed by atoms with Crippen molar-refractivity contribution in [2.24, 2.45) is 0 Å². The van der Waals surface area contributed by atoms with Crippen molar-refractivity contribution >= 4 is 16.9 Å². The Balaban J connectivity index is 4.57. The van der Waals surface area contributed by atoms with Crippen LogP contribution >= 0.6 is 11.6 Å². The second-order valence-electron chi connectivity index (χ2n) is 4.14. The van der Waals surface area contributed by atoms with E-state index in [9.17, 15) is 0 Å². The molecule has 0 aliphatic heterocycles. The van der Waals surface area contributed by atoms with Gasteiger partial charge in [0.15, 0.2) is 0 Å². The van der Waals surface area contributed by atoms with E-state index >= 15 is 0 Å². The maximum atomic E-state index is 6.45. The average molecular weight is 248 g/mol. The minimum atomic E-state index is 0.937. The fourth-order valence-electron chi connectivity index (χ4n) is 1.68. The molecule has 0 aromatic heterocycles. The Labute approximate surface area is 106 Å². The van der Waals surface area contributed by atoms with Crippen LogP contribution < -0.4 is 0 Å². The summed E-state index contributed by atoms with van der Waals surface area (Å²) >= 11 is 6.45. The molecule has 0 aromatic rings. The Bertz CT molecular complexity index is 188. The van der Waals surface area contributed by atoms with Crippen molar-refractivity contribution < 1.29 is 4.58 Å². The molecule has 0 unspecified atom stereocenters. The van der Waals surface area contributed by atoms with Crippen LogP contribution in [0.5, 0.6) is 0 Å². The molecular formula is C13H28ClN2+. The summed E-state index contributed by atoms with van der Waals surface area (Å²) in [5.41, 5.74) is 0. The Hall–Kier alpha value is -0.240. The predicted molar refractivity (Wildman–Crippen MR) is 73.6 cm³/mol. The van der Waals surface area contributed by atoms with Crippen LogP contribution in [-0.2, 0) is 0 Å². The van der Waals surface area contributed by atoms with Gasteiger partial charge in [-0.2, -0.15) is 0 Å². The molecule has 0 radical (unpaired) electrons. The molecule has 0 saturated heterocycles. The molecular weight excluding hydrogens is 220 g/mol. The van der Waals surface area contributed by atoms with Crippen LogP contribution in [0, 0.1) is 0 Å². The summed E-state index contributed by atoms with van der Waals surface area (Å²) in [5, 5.41) is 0.937. The van der Waals surface area contributed by atoms with Gasteiger partial charge in [0, 0.05) is 11.6 Å². The molecule has 3 heteroatoms. The molecule has 0 heterocycles. The van der Waals surface area contributed by atoms with Crippen molar-refractivity contribution in [1.82, 2.24) is 4.90 Å². The second-order valence-corrected chi connectivity index (χ2v) is 4.47. The first kappa shape index (κ1) is 15.8. The highest BCUT2D eigenvalue weighted by Gasteiger charge is 2.16. The van der Waals surface area contributed by atoms with Crippen LogP contribution in [0.3, 0.4) is 0 Å². The molecule has 96 valence electrons. The molecule has 16 heavy (non-hydrogen) atoms. The molecule has 0 N–H and O–H groups in total. The Kier molecular flexibility index (Phi) is 9.80. The van der Waals surface area contributed by atoms with E-state index in [4.69, 9.17) is 11.6 Å². The third-order valence-corrected chi connectivity index (χ3v) is 3.33. The lowest BCUT2D eigenvalue weighted by Crippen LogP contribution is -2.35. The second kappa shape index (κ2) is 9.95. The van der Waals surface area contributed by atoms with Crippen molar-refractivity contribution in [3.63, 3.8) is 0 Å². The van der Waals surface area contributed by atoms with Gasteiger partial charge in [0.1, 0.15) is 0 Å². The van der Waals surface area contributed by atoms with Crippen molar-refractivity contribution in [1.29, 1.82) is 0 Å². The van der Waals surface area contributed by atoms with E-state index in [-0.39, 0.29) is 0 Å². The molecule has 0 bridgehead atoms. The summed E-state index contributed by atoms with van der Waals surface area (Å²) in [6, 6.07) is 0. The van der Waals surface area contributed by atoms with Gasteiger partial charge >= 0.3 is 5.29 Å². The molecule has 0 fully saturated rings. The van der Waals surface area contributed by atoms with Gasteiger partial charge in [-0.1, -0.05) is 26.7 Å². The maximum absolute atomic E-state index is 6.45. The SMILES string of the molecule is CCCC[N+](CCCC)=C(Cl)N(CC)CC. The van der Waals surface area contributed by atoms with Gasteiger partial charge in [0.25, 0.3) is 0 Å². The average Bonchev–Trinajstić information content (AvgIpc) is 2.30. The standard InChI is InChI=1S/C13H28ClN2/c1-5-9-11-16(12-10-6-2)13(14)15(7-3)8-4/h5-12H2,1-4H3/q+1. The molecule has 0 aromatic carbocycles. The quantitative estimate of drug-likeness (QED) is 0.275. The van der Waals surface area contributed by atoms with Gasteiger partial charge in [-0.3, -0.25) is 9.48 Å². The number of unbranched alkanes of at least 4 members (excludes halogenated alkanes) is 2. The zero-order valence-corrected chi connectivity index (χ0v) is 12.2. The summed E-state index contributed by atoms with van der Waals surface area (Å²) in [4.78, 5) is 2.23. The van der Waals surface area contributed by atoms with Gasteiger partial charge in [-0.05, 0) is 26.7 Å². The minimum Gasteiger partial charge on any atom is -0.252 e. The number of amidine groups is 1. The highest BCUT2D eigenvalue weighted by atomic mass is 35.5. The van der Waals surface area contributed by atoms with Crippen molar-refractivity contribution in [2.75, 3.05) is 26.2 Å². The largest absolute Gasteiger partial charge is 0.344 e. The highest BCUT2D eigenvalue weighted by Crippen LogP contribution is 2.01. The maximum Gasteiger partial charge on any atom is 0.344 e. The zero-order chi connectivity index (χ0) is 12.4. The lowest BCUT2D eigenvalue weighted by atomic mass is 10.3. The predicted octanol–water partition coefficient (Wildman–Crippen LogP) is 3.54. The summed E-state index contributed by atoms with van der Waals surface area (Å²) < 4.78 is 2.33. The first-order valence-corrected chi connectivity index (χ1v) is 7.11. The van der Waals surface area contributed by atoms with Gasteiger partial charge in [0.2, 0.25) is 0 Å². The number of halogens is 1. The Morgan fingerprint density at radius 2 is 1.38 bits per heavy atom. The van der Waals surface area contributed by atoms with Crippen LogP contribution in [0.15, 0.2) is 0 Å². The van der Waals surface area contributed by atoms with E-state index in [2.05, 4.69) is 37.2 Å². The van der Waals surface area contributed by atoms with Crippen LogP contribution in [-0.4, -0.2) is 40.9 Å². The van der Waals surface area contributed by atoms with Gasteiger partial charge in [-0.25, -0.2) is 0 Å². The Morgan fingerprint density at radius 3 is 1.69 bits per heavy atom. The van der Waals surface area contributed by atoms with Crippen molar-refractivity contribution in [3.05, 3.63) is 0 Å². The van der Waals surface area contributed by atoms with Crippen molar-refractivity contribution in [2.45, 2.75) is 53.4 Å². The highest BCUT2D eigenvalue weighted by molar-refractivity contribution is 6.63. The molecule has 0 aliphatic rings. The van der Waals surface area contributed by atoms with E-state index in [1.165, 1.54) is 25.7 Å². The number of hydrogen-bond acceptors (Lipinski definition) is 0. The van der Waals surface area contributed by atoms with Gasteiger partial charge in [-0.15, -0.1) is 0 Å². The molecule has 2 nitrogen and oxygen atoms in total. The summed E-state index contributed by atoms with van der Waals surface area (Å²) in [6.45, 7) is 12.9. The molecule has 0 spiro atoms. The minimum absolute atomic E-state index is 0.937. The summed E-state index contributed by atoms with van der Waals surface area (Å²) in [6.07, 6.45) is 4.90. The molecule has 0 amide bonds. The normalized spacial score (nSPS) is 10.3. The first-order chi connectivity index (χ1) is 7.71.